The molecule has 5 nitrogen and oxygen atoms in total. The van der Waals surface area contributed by atoms with Crippen LogP contribution in [0.25, 0.3) is 11.1 Å². The van der Waals surface area contributed by atoms with Crippen molar-refractivity contribution in [3.8, 4) is 22.6 Å². The summed E-state index contributed by atoms with van der Waals surface area (Å²) in [7, 11) is 1.62. The van der Waals surface area contributed by atoms with E-state index in [4.69, 9.17) is 9.47 Å². The van der Waals surface area contributed by atoms with Gasteiger partial charge in [-0.3, -0.25) is 9.69 Å². The summed E-state index contributed by atoms with van der Waals surface area (Å²) in [6.07, 6.45) is 2.62. The molecular formula is C27H30N2O3. The third kappa shape index (κ3) is 5.89. The Balaban J connectivity index is 1.33. The number of likely N-dealkylation sites (tertiary alicyclic amines) is 1. The van der Waals surface area contributed by atoms with E-state index in [1.165, 1.54) is 31.5 Å². The molecule has 1 heterocycles. The molecule has 166 valence electrons. The van der Waals surface area contributed by atoms with Crippen LogP contribution in [0.5, 0.6) is 11.5 Å². The second-order valence-corrected chi connectivity index (χ2v) is 8.08. The molecule has 0 radical (unpaired) electrons. The summed E-state index contributed by atoms with van der Waals surface area (Å²) < 4.78 is 10.7. The van der Waals surface area contributed by atoms with Gasteiger partial charge >= 0.3 is 0 Å². The minimum atomic E-state index is -0.156. The zero-order valence-corrected chi connectivity index (χ0v) is 18.5. The number of nitrogens with one attached hydrogen (secondary N) is 1. The van der Waals surface area contributed by atoms with Gasteiger partial charge in [-0.25, -0.2) is 0 Å². The van der Waals surface area contributed by atoms with Gasteiger partial charge < -0.3 is 14.8 Å². The molecule has 1 N–H and O–H groups in total. The molecular weight excluding hydrogens is 400 g/mol. The molecule has 0 saturated carbocycles. The van der Waals surface area contributed by atoms with E-state index in [-0.39, 0.29) is 12.5 Å². The van der Waals surface area contributed by atoms with Crippen LogP contribution in [-0.4, -0.2) is 37.6 Å². The summed E-state index contributed by atoms with van der Waals surface area (Å²) >= 11 is 0. The van der Waals surface area contributed by atoms with Gasteiger partial charge in [0.05, 0.1) is 7.11 Å². The van der Waals surface area contributed by atoms with Gasteiger partial charge in [-0.15, -0.1) is 0 Å². The number of benzene rings is 3. The predicted octanol–water partition coefficient (Wildman–Crippen LogP) is 4.65. The molecule has 0 aromatic heterocycles. The molecule has 32 heavy (non-hydrogen) atoms. The molecule has 1 amide bonds. The van der Waals surface area contributed by atoms with Crippen LogP contribution in [0.1, 0.15) is 24.0 Å². The average molecular weight is 431 g/mol. The summed E-state index contributed by atoms with van der Waals surface area (Å²) in [6, 6.07) is 24.2. The fourth-order valence-corrected chi connectivity index (χ4v) is 4.01. The highest BCUT2D eigenvalue weighted by atomic mass is 16.5. The van der Waals surface area contributed by atoms with Crippen LogP contribution in [0, 0.1) is 0 Å². The molecule has 5 heteroatoms. The number of nitrogens with zero attached hydrogens (tertiary/aromatic N) is 1. The van der Waals surface area contributed by atoms with Gasteiger partial charge in [0.1, 0.15) is 11.5 Å². The van der Waals surface area contributed by atoms with Crippen molar-refractivity contribution in [1.82, 2.24) is 10.2 Å². The Morgan fingerprint density at radius 1 is 0.906 bits per heavy atom. The average Bonchev–Trinajstić information content (AvgIpc) is 3.35. The van der Waals surface area contributed by atoms with E-state index >= 15 is 0 Å². The fourth-order valence-electron chi connectivity index (χ4n) is 4.01. The number of hydrogen-bond acceptors (Lipinski definition) is 4. The summed E-state index contributed by atoms with van der Waals surface area (Å²) in [4.78, 5) is 14.8. The van der Waals surface area contributed by atoms with Crippen LogP contribution in [0.2, 0.25) is 0 Å². The SMILES string of the molecule is COc1ccc(OCC(=O)NCc2ccccc2-c2ccc(CN3CCCC3)cc2)cc1. The van der Waals surface area contributed by atoms with Crippen LogP contribution in [0.3, 0.4) is 0 Å². The maximum Gasteiger partial charge on any atom is 0.258 e. The molecule has 0 unspecified atom stereocenters. The van der Waals surface area contributed by atoms with E-state index in [0.29, 0.717) is 12.3 Å². The lowest BCUT2D eigenvalue weighted by Gasteiger charge is -2.15. The van der Waals surface area contributed by atoms with Crippen LogP contribution in [-0.2, 0) is 17.9 Å². The van der Waals surface area contributed by atoms with Crippen LogP contribution in [0.15, 0.2) is 72.8 Å². The molecule has 1 fully saturated rings. The lowest BCUT2D eigenvalue weighted by atomic mass is 9.98. The second kappa shape index (κ2) is 10.8. The monoisotopic (exact) mass is 430 g/mol. The molecule has 0 aliphatic carbocycles. The third-order valence-corrected chi connectivity index (χ3v) is 5.79. The van der Waals surface area contributed by atoms with E-state index < -0.39 is 0 Å². The fraction of sp³-hybridized carbons (Fsp3) is 0.296. The first-order valence-corrected chi connectivity index (χ1v) is 11.1. The van der Waals surface area contributed by atoms with Crippen molar-refractivity contribution in [3.05, 3.63) is 83.9 Å². The van der Waals surface area contributed by atoms with Crippen LogP contribution in [0.4, 0.5) is 0 Å². The number of carbonyl (C=O) groups excluding carboxylic acids is 1. The number of rotatable bonds is 9. The van der Waals surface area contributed by atoms with Gasteiger partial charge in [-0.05, 0) is 72.5 Å². The second-order valence-electron chi connectivity index (χ2n) is 8.08. The number of methoxy groups -OCH3 is 1. The number of carbonyl (C=O) groups is 1. The van der Waals surface area contributed by atoms with Crippen molar-refractivity contribution in [2.45, 2.75) is 25.9 Å². The van der Waals surface area contributed by atoms with Crippen LogP contribution >= 0.6 is 0 Å². The summed E-state index contributed by atoms with van der Waals surface area (Å²) in [5.41, 5.74) is 4.72. The van der Waals surface area contributed by atoms with Gasteiger partial charge in [0, 0.05) is 13.1 Å². The highest BCUT2D eigenvalue weighted by Crippen LogP contribution is 2.25. The highest BCUT2D eigenvalue weighted by Gasteiger charge is 2.12. The summed E-state index contributed by atoms with van der Waals surface area (Å²) in [6.45, 7) is 3.85. The van der Waals surface area contributed by atoms with Gasteiger partial charge in [-0.1, -0.05) is 48.5 Å². The smallest absolute Gasteiger partial charge is 0.258 e. The van der Waals surface area contributed by atoms with Crippen molar-refractivity contribution < 1.29 is 14.3 Å². The Labute approximate surface area is 190 Å². The Bertz CT molecular complexity index is 1010. The molecule has 3 aromatic rings. The quantitative estimate of drug-likeness (QED) is 0.537. The van der Waals surface area contributed by atoms with Crippen molar-refractivity contribution >= 4 is 5.91 Å². The topological polar surface area (TPSA) is 50.8 Å². The molecule has 0 atom stereocenters. The zero-order chi connectivity index (χ0) is 22.2. The lowest BCUT2D eigenvalue weighted by Crippen LogP contribution is -2.28. The van der Waals surface area contributed by atoms with Gasteiger partial charge in [0.25, 0.3) is 5.91 Å². The Hall–Kier alpha value is -3.31. The molecule has 1 aliphatic rings. The first-order chi connectivity index (χ1) is 15.7. The molecule has 0 bridgehead atoms. The molecule has 4 rings (SSSR count). The standard InChI is InChI=1S/C27H30N2O3/c1-31-24-12-14-25(15-13-24)32-20-27(30)28-18-23-6-2-3-7-26(23)22-10-8-21(9-11-22)19-29-16-4-5-17-29/h2-3,6-15H,4-5,16-20H2,1H3,(H,28,30). The maximum atomic E-state index is 12.3. The molecule has 0 spiro atoms. The van der Waals surface area contributed by atoms with Crippen molar-refractivity contribution in [2.75, 3.05) is 26.8 Å². The van der Waals surface area contributed by atoms with Crippen molar-refractivity contribution in [2.24, 2.45) is 0 Å². The van der Waals surface area contributed by atoms with E-state index in [1.54, 1.807) is 31.4 Å². The first-order valence-electron chi connectivity index (χ1n) is 11.1. The first kappa shape index (κ1) is 21.9. The minimum absolute atomic E-state index is 0.0281. The normalized spacial score (nSPS) is 13.7. The van der Waals surface area contributed by atoms with Gasteiger partial charge in [0.2, 0.25) is 0 Å². The number of hydrogen-bond donors (Lipinski definition) is 1. The summed E-state index contributed by atoms with van der Waals surface area (Å²) in [5, 5.41) is 2.97. The Morgan fingerprint density at radius 2 is 1.59 bits per heavy atom. The third-order valence-electron chi connectivity index (χ3n) is 5.79. The van der Waals surface area contributed by atoms with E-state index in [9.17, 15) is 4.79 Å². The maximum absolute atomic E-state index is 12.3. The Kier molecular flexibility index (Phi) is 7.41. The van der Waals surface area contributed by atoms with Crippen molar-refractivity contribution in [3.63, 3.8) is 0 Å². The Morgan fingerprint density at radius 3 is 2.31 bits per heavy atom. The summed E-state index contributed by atoms with van der Waals surface area (Å²) in [5.74, 6) is 1.23. The number of ether oxygens (including phenoxy) is 2. The molecule has 3 aromatic carbocycles. The minimum Gasteiger partial charge on any atom is -0.497 e. The lowest BCUT2D eigenvalue weighted by molar-refractivity contribution is -0.123. The number of amides is 1. The van der Waals surface area contributed by atoms with E-state index in [1.807, 2.05) is 12.1 Å². The van der Waals surface area contributed by atoms with Gasteiger partial charge in [0.15, 0.2) is 6.61 Å². The molecule has 1 saturated heterocycles. The van der Waals surface area contributed by atoms with Crippen molar-refractivity contribution in [1.29, 1.82) is 0 Å². The zero-order valence-electron chi connectivity index (χ0n) is 18.5. The van der Waals surface area contributed by atoms with E-state index in [0.717, 1.165) is 29.0 Å². The van der Waals surface area contributed by atoms with Gasteiger partial charge in [-0.2, -0.15) is 0 Å². The largest absolute Gasteiger partial charge is 0.497 e. The molecule has 1 aliphatic heterocycles. The predicted molar refractivity (Wildman–Crippen MR) is 127 cm³/mol. The highest BCUT2D eigenvalue weighted by molar-refractivity contribution is 5.78. The van der Waals surface area contributed by atoms with Crippen LogP contribution < -0.4 is 14.8 Å². The van der Waals surface area contributed by atoms with E-state index in [2.05, 4.69) is 46.6 Å².